The van der Waals surface area contributed by atoms with E-state index in [1.54, 1.807) is 14.2 Å². The van der Waals surface area contributed by atoms with Crippen LogP contribution >= 0.6 is 0 Å². The van der Waals surface area contributed by atoms with E-state index in [0.29, 0.717) is 0 Å². The molecule has 0 aliphatic heterocycles. The van der Waals surface area contributed by atoms with Crippen LogP contribution in [0.3, 0.4) is 0 Å². The number of methoxy groups -OCH3 is 2. The second-order valence-corrected chi connectivity index (χ2v) is 3.88. The summed E-state index contributed by atoms with van der Waals surface area (Å²) >= 11 is 0. The largest absolute Gasteiger partial charge is 0.399 e. The van der Waals surface area contributed by atoms with Crippen LogP contribution in [0.4, 0.5) is 5.69 Å². The minimum absolute atomic E-state index is 0.199. The summed E-state index contributed by atoms with van der Waals surface area (Å²) in [5.74, 6) is 0. The average molecular weight is 235 g/mol. The molecule has 5 nitrogen and oxygen atoms in total. The van der Waals surface area contributed by atoms with Crippen LogP contribution in [0.2, 0.25) is 0 Å². The van der Waals surface area contributed by atoms with E-state index in [1.807, 2.05) is 29.1 Å². The van der Waals surface area contributed by atoms with Gasteiger partial charge in [-0.2, -0.15) is 5.10 Å². The quantitative estimate of drug-likeness (QED) is 0.632. The molecule has 17 heavy (non-hydrogen) atoms. The lowest BCUT2D eigenvalue weighted by molar-refractivity contribution is -0.108. The van der Waals surface area contributed by atoms with Crippen molar-refractivity contribution in [2.75, 3.05) is 20.0 Å². The van der Waals surface area contributed by atoms with Crippen LogP contribution in [0, 0.1) is 0 Å². The molecule has 0 amide bonds. The van der Waals surface area contributed by atoms with Crippen molar-refractivity contribution in [2.45, 2.75) is 19.3 Å². The molecule has 0 fully saturated rings. The van der Waals surface area contributed by atoms with Gasteiger partial charge in [-0.05, 0) is 18.2 Å². The minimum Gasteiger partial charge on any atom is -0.399 e. The van der Waals surface area contributed by atoms with Crippen molar-refractivity contribution in [1.82, 2.24) is 9.78 Å². The molecule has 1 aromatic heterocycles. The van der Waals surface area contributed by atoms with Gasteiger partial charge in [0.15, 0.2) is 6.29 Å². The predicted molar refractivity (Wildman–Crippen MR) is 66.6 cm³/mol. The number of aryl methyl sites for hydroxylation is 1. The maximum Gasteiger partial charge on any atom is 0.158 e. The van der Waals surface area contributed by atoms with Gasteiger partial charge in [-0.3, -0.25) is 4.68 Å². The molecular weight excluding hydrogens is 218 g/mol. The molecule has 0 aliphatic carbocycles. The van der Waals surface area contributed by atoms with Gasteiger partial charge < -0.3 is 15.2 Å². The van der Waals surface area contributed by atoms with Crippen LogP contribution in [-0.4, -0.2) is 30.3 Å². The van der Waals surface area contributed by atoms with E-state index in [1.165, 1.54) is 0 Å². The van der Waals surface area contributed by atoms with Gasteiger partial charge in [-0.1, -0.05) is 0 Å². The summed E-state index contributed by atoms with van der Waals surface area (Å²) in [7, 11) is 3.26. The summed E-state index contributed by atoms with van der Waals surface area (Å²) in [6.07, 6.45) is 2.39. The number of rotatable bonds is 5. The number of benzene rings is 1. The topological polar surface area (TPSA) is 62.3 Å². The van der Waals surface area contributed by atoms with Crippen molar-refractivity contribution in [2.24, 2.45) is 0 Å². The van der Waals surface area contributed by atoms with Crippen LogP contribution in [0.5, 0.6) is 0 Å². The first-order chi connectivity index (χ1) is 8.24. The molecule has 0 saturated heterocycles. The number of ether oxygens (including phenoxy) is 2. The van der Waals surface area contributed by atoms with Crippen LogP contribution < -0.4 is 5.73 Å². The maximum absolute atomic E-state index is 5.77. The molecule has 92 valence electrons. The molecule has 0 spiro atoms. The summed E-state index contributed by atoms with van der Waals surface area (Å²) in [5, 5.41) is 5.42. The lowest BCUT2D eigenvalue weighted by Crippen LogP contribution is -2.16. The molecule has 2 aromatic rings. The third kappa shape index (κ3) is 2.57. The Labute approximate surface area is 100 Å². The molecule has 2 rings (SSSR count). The number of aromatic nitrogens is 2. The third-order valence-corrected chi connectivity index (χ3v) is 2.77. The van der Waals surface area contributed by atoms with Gasteiger partial charge in [-0.15, -0.1) is 0 Å². The molecule has 0 atom stereocenters. The minimum atomic E-state index is -0.199. The molecule has 0 bridgehead atoms. The highest BCUT2D eigenvalue weighted by molar-refractivity contribution is 5.81. The van der Waals surface area contributed by atoms with Crippen LogP contribution in [-0.2, 0) is 16.0 Å². The second-order valence-electron chi connectivity index (χ2n) is 3.88. The number of nitrogen functional groups attached to an aromatic ring is 1. The Hall–Kier alpha value is -1.59. The number of fused-ring (bicyclic) bond motifs is 1. The number of nitrogens with zero attached hydrogens (tertiary/aromatic N) is 2. The lowest BCUT2D eigenvalue weighted by Gasteiger charge is -2.13. The number of nitrogens with two attached hydrogens (primary N) is 1. The van der Waals surface area contributed by atoms with Crippen molar-refractivity contribution in [3.8, 4) is 0 Å². The Kier molecular flexibility index (Phi) is 3.61. The molecule has 1 heterocycles. The normalized spacial score (nSPS) is 11.5. The first-order valence-corrected chi connectivity index (χ1v) is 5.51. The fraction of sp³-hybridized carbons (Fsp3) is 0.417. The number of hydrogen-bond donors (Lipinski definition) is 1. The van der Waals surface area contributed by atoms with Crippen LogP contribution in [0.1, 0.15) is 6.42 Å². The van der Waals surface area contributed by atoms with E-state index in [4.69, 9.17) is 15.2 Å². The van der Waals surface area contributed by atoms with E-state index >= 15 is 0 Å². The van der Waals surface area contributed by atoms with Crippen LogP contribution in [0.15, 0.2) is 24.4 Å². The molecular formula is C12H17N3O2. The highest BCUT2D eigenvalue weighted by Gasteiger charge is 2.08. The predicted octanol–water partition coefficient (Wildman–Crippen LogP) is 1.63. The van der Waals surface area contributed by atoms with Crippen molar-refractivity contribution < 1.29 is 9.47 Å². The van der Waals surface area contributed by atoms with E-state index in [2.05, 4.69) is 5.10 Å². The Balaban J connectivity index is 2.16. The molecule has 0 radical (unpaired) electrons. The van der Waals surface area contributed by atoms with Gasteiger partial charge in [0.2, 0.25) is 0 Å². The summed E-state index contributed by atoms with van der Waals surface area (Å²) in [6.45, 7) is 0.735. The zero-order chi connectivity index (χ0) is 12.3. The monoisotopic (exact) mass is 235 g/mol. The van der Waals surface area contributed by atoms with Gasteiger partial charge in [-0.25, -0.2) is 0 Å². The summed E-state index contributed by atoms with van der Waals surface area (Å²) < 4.78 is 12.2. The van der Waals surface area contributed by atoms with E-state index in [0.717, 1.165) is 29.6 Å². The van der Waals surface area contributed by atoms with E-state index < -0.39 is 0 Å². The maximum atomic E-state index is 5.77. The van der Waals surface area contributed by atoms with Crippen molar-refractivity contribution in [3.05, 3.63) is 24.4 Å². The Morgan fingerprint density at radius 1 is 1.35 bits per heavy atom. The van der Waals surface area contributed by atoms with Gasteiger partial charge in [0, 0.05) is 38.3 Å². The highest BCUT2D eigenvalue weighted by Crippen LogP contribution is 2.17. The molecule has 2 N–H and O–H groups in total. The molecule has 0 unspecified atom stereocenters. The van der Waals surface area contributed by atoms with Gasteiger partial charge in [0.05, 0.1) is 11.7 Å². The van der Waals surface area contributed by atoms with Gasteiger partial charge in [0.1, 0.15) is 0 Å². The van der Waals surface area contributed by atoms with Crippen molar-refractivity contribution in [3.63, 3.8) is 0 Å². The van der Waals surface area contributed by atoms with Crippen molar-refractivity contribution >= 4 is 16.6 Å². The lowest BCUT2D eigenvalue weighted by atomic mass is 10.2. The first kappa shape index (κ1) is 11.9. The molecule has 5 heteroatoms. The fourth-order valence-corrected chi connectivity index (χ4v) is 1.83. The highest BCUT2D eigenvalue weighted by atomic mass is 16.7. The second kappa shape index (κ2) is 5.16. The zero-order valence-electron chi connectivity index (χ0n) is 10.1. The smallest absolute Gasteiger partial charge is 0.158 e. The Morgan fingerprint density at radius 2 is 2.12 bits per heavy atom. The zero-order valence-corrected chi connectivity index (χ0v) is 10.1. The number of hydrogen-bond acceptors (Lipinski definition) is 4. The SMILES string of the molecule is COC(CCn1ncc2ccc(N)cc21)OC. The standard InChI is InChI=1S/C12H17N3O2/c1-16-12(17-2)5-6-15-11-7-10(13)4-3-9(11)8-14-15/h3-4,7-8,12H,5-6,13H2,1-2H3. The summed E-state index contributed by atoms with van der Waals surface area (Å²) in [5.41, 5.74) is 7.55. The summed E-state index contributed by atoms with van der Waals surface area (Å²) in [6, 6.07) is 5.77. The Bertz CT molecular complexity index is 491. The van der Waals surface area contributed by atoms with E-state index in [-0.39, 0.29) is 6.29 Å². The Morgan fingerprint density at radius 3 is 2.82 bits per heavy atom. The first-order valence-electron chi connectivity index (χ1n) is 5.51. The summed E-state index contributed by atoms with van der Waals surface area (Å²) in [4.78, 5) is 0. The molecule has 1 aromatic carbocycles. The molecule has 0 aliphatic rings. The van der Waals surface area contributed by atoms with Gasteiger partial charge in [0.25, 0.3) is 0 Å². The molecule has 0 saturated carbocycles. The van der Waals surface area contributed by atoms with Crippen LogP contribution in [0.25, 0.3) is 10.9 Å². The van der Waals surface area contributed by atoms with Crippen molar-refractivity contribution in [1.29, 1.82) is 0 Å². The third-order valence-electron chi connectivity index (χ3n) is 2.77. The average Bonchev–Trinajstić information content (AvgIpc) is 2.73. The van der Waals surface area contributed by atoms with E-state index in [9.17, 15) is 0 Å². The van der Waals surface area contributed by atoms with Gasteiger partial charge >= 0.3 is 0 Å². The fourth-order valence-electron chi connectivity index (χ4n) is 1.83. The number of anilines is 1.